The molecule has 106 valence electrons. The molecule has 0 radical (unpaired) electrons. The summed E-state index contributed by atoms with van der Waals surface area (Å²) < 4.78 is 4.93. The van der Waals surface area contributed by atoms with E-state index >= 15 is 0 Å². The molecule has 0 fully saturated rings. The number of benzene rings is 1. The number of methoxy groups -OCH3 is 1. The molecule has 0 spiro atoms. The van der Waals surface area contributed by atoms with Crippen molar-refractivity contribution >= 4 is 11.7 Å². The summed E-state index contributed by atoms with van der Waals surface area (Å²) in [7, 11) is 1.44. The monoisotopic (exact) mass is 263 g/mol. The van der Waals surface area contributed by atoms with Gasteiger partial charge in [-0.1, -0.05) is 39.0 Å². The van der Waals surface area contributed by atoms with E-state index in [-0.39, 0.29) is 17.9 Å². The zero-order valence-corrected chi connectivity index (χ0v) is 12.6. The van der Waals surface area contributed by atoms with Crippen molar-refractivity contribution < 1.29 is 9.53 Å². The molecule has 0 aliphatic rings. The highest BCUT2D eigenvalue weighted by atomic mass is 16.5. The molecule has 1 N–H and O–H groups in total. The van der Waals surface area contributed by atoms with Crippen LogP contribution in [0.15, 0.2) is 24.3 Å². The fourth-order valence-electron chi connectivity index (χ4n) is 2.34. The highest BCUT2D eigenvalue weighted by Crippen LogP contribution is 2.22. The molecule has 1 aromatic carbocycles. The molecule has 0 heterocycles. The van der Waals surface area contributed by atoms with Gasteiger partial charge in [-0.25, -0.2) is 4.79 Å². The Labute approximate surface area is 116 Å². The summed E-state index contributed by atoms with van der Waals surface area (Å²) >= 11 is 0. The van der Waals surface area contributed by atoms with E-state index in [0.29, 0.717) is 5.92 Å². The lowest BCUT2D eigenvalue weighted by Gasteiger charge is -2.25. The number of hydrogen-bond donors (Lipinski definition) is 1. The highest BCUT2D eigenvalue weighted by molar-refractivity contribution is 5.80. The van der Waals surface area contributed by atoms with Crippen molar-refractivity contribution in [3.8, 4) is 0 Å². The molecule has 3 nitrogen and oxygen atoms in total. The minimum atomic E-state index is -0.298. The number of nitrogens with one attached hydrogen (secondary N) is 1. The van der Waals surface area contributed by atoms with Gasteiger partial charge in [-0.3, -0.25) is 0 Å². The molecule has 1 aromatic rings. The maximum atomic E-state index is 12.0. The van der Waals surface area contributed by atoms with E-state index in [1.165, 1.54) is 7.11 Å². The van der Waals surface area contributed by atoms with E-state index in [4.69, 9.17) is 4.74 Å². The van der Waals surface area contributed by atoms with Crippen LogP contribution in [0.4, 0.5) is 5.69 Å². The zero-order valence-electron chi connectivity index (χ0n) is 12.6. The molecule has 0 saturated carbocycles. The van der Waals surface area contributed by atoms with Gasteiger partial charge in [0.05, 0.1) is 7.11 Å². The van der Waals surface area contributed by atoms with E-state index in [1.54, 1.807) is 0 Å². The van der Waals surface area contributed by atoms with Crippen LogP contribution in [-0.4, -0.2) is 19.1 Å². The summed E-state index contributed by atoms with van der Waals surface area (Å²) in [6, 6.07) is 7.69. The number of carbonyl (C=O) groups excluding carboxylic acids is 1. The second-order valence-corrected chi connectivity index (χ2v) is 5.57. The summed E-state index contributed by atoms with van der Waals surface area (Å²) in [5.74, 6) is 0.587. The maximum absolute atomic E-state index is 12.0. The van der Waals surface area contributed by atoms with E-state index in [0.717, 1.165) is 17.7 Å². The fourth-order valence-corrected chi connectivity index (χ4v) is 2.34. The third-order valence-electron chi connectivity index (χ3n) is 3.32. The number of anilines is 1. The van der Waals surface area contributed by atoms with Crippen LogP contribution < -0.4 is 5.32 Å². The van der Waals surface area contributed by atoms with Crippen LogP contribution in [0.3, 0.4) is 0 Å². The third-order valence-corrected chi connectivity index (χ3v) is 3.32. The molecule has 0 bridgehead atoms. The topological polar surface area (TPSA) is 38.3 Å². The molecule has 2 unspecified atom stereocenters. The Kier molecular flexibility index (Phi) is 5.87. The minimum Gasteiger partial charge on any atom is -0.467 e. The van der Waals surface area contributed by atoms with Crippen molar-refractivity contribution in [3.63, 3.8) is 0 Å². The molecule has 0 saturated heterocycles. The van der Waals surface area contributed by atoms with Gasteiger partial charge in [-0.15, -0.1) is 0 Å². The Balaban J connectivity index is 2.86. The number of carbonyl (C=O) groups is 1. The first-order chi connectivity index (χ1) is 8.95. The standard InChI is InChI=1S/C16H25NO2/c1-11(2)10-13(4)15(16(18)19-5)17-14-9-7-6-8-12(14)3/h6-9,11,13,15,17H,10H2,1-5H3. The van der Waals surface area contributed by atoms with Gasteiger partial charge in [0.25, 0.3) is 0 Å². The Morgan fingerprint density at radius 1 is 1.26 bits per heavy atom. The molecule has 1 rings (SSSR count). The average molecular weight is 263 g/mol. The summed E-state index contributed by atoms with van der Waals surface area (Å²) in [5.41, 5.74) is 2.13. The highest BCUT2D eigenvalue weighted by Gasteiger charge is 2.26. The normalized spacial score (nSPS) is 14.0. The number of aryl methyl sites for hydroxylation is 1. The van der Waals surface area contributed by atoms with Crippen molar-refractivity contribution in [2.24, 2.45) is 11.8 Å². The lowest BCUT2D eigenvalue weighted by Crippen LogP contribution is -2.37. The van der Waals surface area contributed by atoms with Crippen molar-refractivity contribution in [3.05, 3.63) is 29.8 Å². The third kappa shape index (κ3) is 4.58. The van der Waals surface area contributed by atoms with Crippen LogP contribution in [0.1, 0.15) is 32.8 Å². The smallest absolute Gasteiger partial charge is 0.328 e. The number of para-hydroxylation sites is 1. The van der Waals surface area contributed by atoms with Crippen LogP contribution in [0.2, 0.25) is 0 Å². The number of hydrogen-bond acceptors (Lipinski definition) is 3. The van der Waals surface area contributed by atoms with Crippen LogP contribution >= 0.6 is 0 Å². The summed E-state index contributed by atoms with van der Waals surface area (Å²) in [4.78, 5) is 12.0. The van der Waals surface area contributed by atoms with E-state index in [1.807, 2.05) is 31.2 Å². The summed E-state index contributed by atoms with van der Waals surface area (Å²) in [6.45, 7) is 8.45. The Hall–Kier alpha value is -1.51. The molecule has 0 aromatic heterocycles. The van der Waals surface area contributed by atoms with Gasteiger partial charge in [-0.2, -0.15) is 0 Å². The van der Waals surface area contributed by atoms with Gasteiger partial charge in [0.1, 0.15) is 6.04 Å². The maximum Gasteiger partial charge on any atom is 0.328 e. The van der Waals surface area contributed by atoms with Gasteiger partial charge in [-0.05, 0) is 36.8 Å². The quantitative estimate of drug-likeness (QED) is 0.796. The molecule has 0 aliphatic carbocycles. The lowest BCUT2D eigenvalue weighted by molar-refractivity contribution is -0.142. The van der Waals surface area contributed by atoms with Gasteiger partial charge in [0, 0.05) is 5.69 Å². The van der Waals surface area contributed by atoms with Crippen molar-refractivity contribution in [1.29, 1.82) is 0 Å². The van der Waals surface area contributed by atoms with Gasteiger partial charge >= 0.3 is 5.97 Å². The van der Waals surface area contributed by atoms with Crippen molar-refractivity contribution in [1.82, 2.24) is 0 Å². The zero-order chi connectivity index (χ0) is 14.4. The van der Waals surface area contributed by atoms with Crippen molar-refractivity contribution in [2.75, 3.05) is 12.4 Å². The van der Waals surface area contributed by atoms with E-state index in [9.17, 15) is 4.79 Å². The van der Waals surface area contributed by atoms with Gasteiger partial charge in [0.2, 0.25) is 0 Å². The van der Waals surface area contributed by atoms with Gasteiger partial charge < -0.3 is 10.1 Å². The molecule has 19 heavy (non-hydrogen) atoms. The Morgan fingerprint density at radius 2 is 1.89 bits per heavy atom. The molecular weight excluding hydrogens is 238 g/mol. The minimum absolute atomic E-state index is 0.198. The van der Waals surface area contributed by atoms with Crippen LogP contribution in [-0.2, 0) is 9.53 Å². The molecule has 3 heteroatoms. The molecular formula is C16H25NO2. The van der Waals surface area contributed by atoms with Crippen molar-refractivity contribution in [2.45, 2.75) is 40.2 Å². The van der Waals surface area contributed by atoms with Crippen LogP contribution in [0.5, 0.6) is 0 Å². The summed E-state index contributed by atoms with van der Waals surface area (Å²) in [6.07, 6.45) is 0.985. The number of esters is 1. The van der Waals surface area contributed by atoms with E-state index < -0.39 is 0 Å². The first-order valence-corrected chi connectivity index (χ1v) is 6.85. The van der Waals surface area contributed by atoms with Gasteiger partial charge in [0.15, 0.2) is 0 Å². The molecule has 2 atom stereocenters. The Morgan fingerprint density at radius 3 is 2.42 bits per heavy atom. The SMILES string of the molecule is COC(=O)C(Nc1ccccc1C)C(C)CC(C)C. The van der Waals surface area contributed by atoms with Crippen LogP contribution in [0.25, 0.3) is 0 Å². The predicted octanol–water partition coefficient (Wildman–Crippen LogP) is 3.63. The second kappa shape index (κ2) is 7.17. The van der Waals surface area contributed by atoms with E-state index in [2.05, 4.69) is 26.1 Å². The predicted molar refractivity (Wildman–Crippen MR) is 79.2 cm³/mol. The molecule has 0 aliphatic heterocycles. The second-order valence-electron chi connectivity index (χ2n) is 5.57. The Bertz CT molecular complexity index is 415. The summed E-state index contributed by atoms with van der Waals surface area (Å²) in [5, 5.41) is 3.33. The first kappa shape index (κ1) is 15.5. The largest absolute Gasteiger partial charge is 0.467 e. The first-order valence-electron chi connectivity index (χ1n) is 6.85. The molecule has 0 amide bonds. The number of ether oxygens (including phenoxy) is 1. The average Bonchev–Trinajstić information content (AvgIpc) is 2.36. The fraction of sp³-hybridized carbons (Fsp3) is 0.562. The lowest BCUT2D eigenvalue weighted by atomic mass is 9.91. The van der Waals surface area contributed by atoms with Crippen LogP contribution in [0, 0.1) is 18.8 Å². The number of rotatable bonds is 6.